The maximum Gasteiger partial charge on any atom is 0.329 e. The van der Waals surface area contributed by atoms with Crippen molar-refractivity contribution in [1.82, 2.24) is 5.32 Å². The lowest BCUT2D eigenvalue weighted by molar-refractivity contribution is -0.128. The van der Waals surface area contributed by atoms with Crippen molar-refractivity contribution in [2.45, 2.75) is 13.0 Å². The summed E-state index contributed by atoms with van der Waals surface area (Å²) in [5.41, 5.74) is -0.188. The molecule has 19 heavy (non-hydrogen) atoms. The fraction of sp³-hybridized carbons (Fsp3) is 0.385. The largest absolute Gasteiger partial charge is 0.378 e. The molecule has 0 aromatic heterocycles. The van der Waals surface area contributed by atoms with Gasteiger partial charge in [-0.1, -0.05) is 11.6 Å². The molecule has 2 aliphatic rings. The Kier molecular flexibility index (Phi) is 2.76. The Bertz CT molecular complexity index is 545. The summed E-state index contributed by atoms with van der Waals surface area (Å²) < 4.78 is 5.33. The molecule has 0 aliphatic carbocycles. The van der Waals surface area contributed by atoms with Crippen LogP contribution in [0.2, 0.25) is 5.02 Å². The first-order valence-electron chi connectivity index (χ1n) is 6.01. The Labute approximate surface area is 115 Å². The Hall–Kier alpha value is -1.59. The summed E-state index contributed by atoms with van der Waals surface area (Å²) in [7, 11) is 0. The summed E-state index contributed by atoms with van der Waals surface area (Å²) >= 11 is 5.82. The Morgan fingerprint density at radius 1 is 1.37 bits per heavy atom. The van der Waals surface area contributed by atoms with Crippen LogP contribution in [-0.2, 0) is 9.53 Å². The molecular weight excluding hydrogens is 268 g/mol. The van der Waals surface area contributed by atoms with E-state index >= 15 is 0 Å². The van der Waals surface area contributed by atoms with E-state index < -0.39 is 11.4 Å². The molecule has 0 radical (unpaired) electrons. The highest BCUT2D eigenvalue weighted by Crippen LogP contribution is 2.36. The van der Waals surface area contributed by atoms with E-state index in [4.69, 9.17) is 16.3 Å². The van der Waals surface area contributed by atoms with Gasteiger partial charge in [-0.15, -0.1) is 0 Å². The number of anilines is 1. The molecule has 1 N–H and O–H groups in total. The Balaban J connectivity index is 1.99. The van der Waals surface area contributed by atoms with Gasteiger partial charge in [0.05, 0.1) is 30.4 Å². The standard InChI is InChI=1S/C13H13ClN2O3/c1-13-7-19-6-10(13)15-12(18)16(11(13)17)9-4-2-8(14)3-5-9/h2-5,10H,6-7H2,1H3,(H,15,18). The minimum absolute atomic E-state index is 0.235. The molecular formula is C13H13ClN2O3. The predicted octanol–water partition coefficient (Wildman–Crippen LogP) is 1.80. The van der Waals surface area contributed by atoms with Crippen molar-refractivity contribution in [2.75, 3.05) is 18.1 Å². The zero-order chi connectivity index (χ0) is 13.6. The van der Waals surface area contributed by atoms with Crippen LogP contribution in [0.3, 0.4) is 0 Å². The van der Waals surface area contributed by atoms with Crippen molar-refractivity contribution in [1.29, 1.82) is 0 Å². The average Bonchev–Trinajstić information content (AvgIpc) is 2.75. The van der Waals surface area contributed by atoms with Crippen LogP contribution in [0.15, 0.2) is 24.3 Å². The summed E-state index contributed by atoms with van der Waals surface area (Å²) in [6.07, 6.45) is 0. The number of carbonyl (C=O) groups excluding carboxylic acids is 2. The second-order valence-corrected chi connectivity index (χ2v) is 5.49. The number of hydrogen-bond acceptors (Lipinski definition) is 3. The molecule has 0 bridgehead atoms. The Morgan fingerprint density at radius 3 is 2.74 bits per heavy atom. The number of nitrogens with zero attached hydrogens (tertiary/aromatic N) is 1. The molecule has 2 unspecified atom stereocenters. The van der Waals surface area contributed by atoms with Crippen LogP contribution in [-0.4, -0.2) is 31.2 Å². The monoisotopic (exact) mass is 280 g/mol. The molecule has 2 aliphatic heterocycles. The molecule has 2 saturated heterocycles. The van der Waals surface area contributed by atoms with Gasteiger partial charge in [0.25, 0.3) is 0 Å². The van der Waals surface area contributed by atoms with Crippen LogP contribution in [0.1, 0.15) is 6.92 Å². The average molecular weight is 281 g/mol. The number of imide groups is 1. The summed E-state index contributed by atoms with van der Waals surface area (Å²) in [6.45, 7) is 2.51. The SMILES string of the molecule is CC12COCC1NC(=O)N(c1ccc(Cl)cc1)C2=O. The number of amides is 3. The zero-order valence-corrected chi connectivity index (χ0v) is 11.1. The molecule has 2 fully saturated rings. The number of ether oxygens (including phenoxy) is 1. The van der Waals surface area contributed by atoms with Gasteiger partial charge in [0.2, 0.25) is 5.91 Å². The van der Waals surface area contributed by atoms with Gasteiger partial charge in [0.15, 0.2) is 0 Å². The first kappa shape index (κ1) is 12.4. The molecule has 0 spiro atoms. The number of nitrogens with one attached hydrogen (secondary N) is 1. The minimum Gasteiger partial charge on any atom is -0.378 e. The molecule has 6 heteroatoms. The van der Waals surface area contributed by atoms with E-state index in [0.717, 1.165) is 4.90 Å². The van der Waals surface area contributed by atoms with Crippen LogP contribution in [0.5, 0.6) is 0 Å². The quantitative estimate of drug-likeness (QED) is 0.853. The lowest BCUT2D eigenvalue weighted by Crippen LogP contribution is -2.64. The smallest absolute Gasteiger partial charge is 0.329 e. The van der Waals surface area contributed by atoms with Gasteiger partial charge >= 0.3 is 6.03 Å². The van der Waals surface area contributed by atoms with Gasteiger partial charge in [-0.05, 0) is 31.2 Å². The molecule has 100 valence electrons. The molecule has 1 aromatic rings. The molecule has 0 saturated carbocycles. The van der Waals surface area contributed by atoms with E-state index in [9.17, 15) is 9.59 Å². The predicted molar refractivity (Wildman–Crippen MR) is 70.2 cm³/mol. The van der Waals surface area contributed by atoms with E-state index in [1.54, 1.807) is 24.3 Å². The highest BCUT2D eigenvalue weighted by molar-refractivity contribution is 6.30. The van der Waals surface area contributed by atoms with E-state index in [1.165, 1.54) is 0 Å². The van der Waals surface area contributed by atoms with E-state index in [1.807, 2.05) is 6.92 Å². The molecule has 2 atom stereocenters. The Morgan fingerprint density at radius 2 is 2.05 bits per heavy atom. The van der Waals surface area contributed by atoms with Crippen molar-refractivity contribution in [3.05, 3.63) is 29.3 Å². The number of carbonyl (C=O) groups is 2. The van der Waals surface area contributed by atoms with E-state index in [-0.39, 0.29) is 11.9 Å². The molecule has 1 aromatic carbocycles. The van der Waals surface area contributed by atoms with Crippen molar-refractivity contribution >= 4 is 29.2 Å². The van der Waals surface area contributed by atoms with Gasteiger partial charge in [0.1, 0.15) is 0 Å². The van der Waals surface area contributed by atoms with Crippen LogP contribution >= 0.6 is 11.6 Å². The van der Waals surface area contributed by atoms with Crippen LogP contribution in [0, 0.1) is 5.41 Å². The molecule has 3 rings (SSSR count). The maximum atomic E-state index is 12.6. The highest BCUT2D eigenvalue weighted by atomic mass is 35.5. The van der Waals surface area contributed by atoms with Crippen molar-refractivity contribution < 1.29 is 14.3 Å². The number of urea groups is 1. The maximum absolute atomic E-state index is 12.6. The van der Waals surface area contributed by atoms with Gasteiger partial charge < -0.3 is 10.1 Å². The number of fused-ring (bicyclic) bond motifs is 1. The molecule has 2 heterocycles. The second kappa shape index (κ2) is 4.21. The first-order chi connectivity index (χ1) is 9.02. The third-order valence-corrected chi connectivity index (χ3v) is 3.98. The highest BCUT2D eigenvalue weighted by Gasteiger charge is 2.54. The number of hydrogen-bond donors (Lipinski definition) is 1. The number of rotatable bonds is 1. The number of halogens is 1. The summed E-state index contributed by atoms with van der Waals surface area (Å²) in [5, 5.41) is 3.38. The van der Waals surface area contributed by atoms with Crippen LogP contribution < -0.4 is 10.2 Å². The summed E-state index contributed by atoms with van der Waals surface area (Å²) in [5.74, 6) is -0.235. The zero-order valence-electron chi connectivity index (χ0n) is 10.4. The lowest BCUT2D eigenvalue weighted by atomic mass is 9.82. The summed E-state index contributed by atoms with van der Waals surface area (Å²) in [6, 6.07) is 5.93. The fourth-order valence-corrected chi connectivity index (χ4v) is 2.60. The van der Waals surface area contributed by atoms with Crippen LogP contribution in [0.25, 0.3) is 0 Å². The second-order valence-electron chi connectivity index (χ2n) is 5.05. The van der Waals surface area contributed by atoms with Crippen molar-refractivity contribution in [3.8, 4) is 0 Å². The molecule has 5 nitrogen and oxygen atoms in total. The third kappa shape index (κ3) is 1.81. The molecule has 3 amide bonds. The van der Waals surface area contributed by atoms with Gasteiger partial charge in [-0.2, -0.15) is 0 Å². The lowest BCUT2D eigenvalue weighted by Gasteiger charge is -2.39. The first-order valence-corrected chi connectivity index (χ1v) is 6.38. The van der Waals surface area contributed by atoms with Crippen LogP contribution in [0.4, 0.5) is 10.5 Å². The third-order valence-electron chi connectivity index (χ3n) is 3.73. The normalized spacial score (nSPS) is 30.2. The topological polar surface area (TPSA) is 58.6 Å². The fourth-order valence-electron chi connectivity index (χ4n) is 2.47. The van der Waals surface area contributed by atoms with Gasteiger partial charge in [0, 0.05) is 5.02 Å². The van der Waals surface area contributed by atoms with Crippen molar-refractivity contribution in [3.63, 3.8) is 0 Å². The van der Waals surface area contributed by atoms with Gasteiger partial charge in [-0.25, -0.2) is 9.69 Å². The van der Waals surface area contributed by atoms with E-state index in [2.05, 4.69) is 5.32 Å². The van der Waals surface area contributed by atoms with E-state index in [0.29, 0.717) is 23.9 Å². The summed E-state index contributed by atoms with van der Waals surface area (Å²) in [4.78, 5) is 25.8. The number of benzene rings is 1. The van der Waals surface area contributed by atoms with Gasteiger partial charge in [-0.3, -0.25) is 4.79 Å². The van der Waals surface area contributed by atoms with Crippen molar-refractivity contribution in [2.24, 2.45) is 5.41 Å². The minimum atomic E-state index is -0.701.